The molecule has 57 heavy (non-hydrogen) atoms. The van der Waals surface area contributed by atoms with Crippen molar-refractivity contribution >= 4 is 65.7 Å². The van der Waals surface area contributed by atoms with Gasteiger partial charge in [-0.1, -0.05) is 127 Å². The average Bonchev–Trinajstić information content (AvgIpc) is 3.94. The van der Waals surface area contributed by atoms with Gasteiger partial charge in [-0.05, 0) is 53.6 Å². The van der Waals surface area contributed by atoms with Crippen molar-refractivity contribution in [3.8, 4) is 51.0 Å². The first-order chi connectivity index (χ1) is 28.2. The van der Waals surface area contributed by atoms with E-state index in [1.807, 2.05) is 48.5 Å². The van der Waals surface area contributed by atoms with Crippen molar-refractivity contribution in [3.63, 3.8) is 0 Å². The second-order valence-electron chi connectivity index (χ2n) is 14.4. The molecular weight excluding hydrogens is 701 g/mol. The van der Waals surface area contributed by atoms with Crippen molar-refractivity contribution in [2.75, 3.05) is 0 Å². The maximum Gasteiger partial charge on any atom is 0.164 e. The molecule has 0 unspecified atom stereocenters. The Kier molecular flexibility index (Phi) is 6.83. The zero-order valence-corrected chi connectivity index (χ0v) is 30.4. The molecule has 0 aliphatic rings. The highest BCUT2D eigenvalue weighted by atomic mass is 16.3. The van der Waals surface area contributed by atoms with Gasteiger partial charge in [-0.15, -0.1) is 0 Å². The smallest absolute Gasteiger partial charge is 0.164 e. The number of para-hydroxylation sites is 2. The highest BCUT2D eigenvalue weighted by Crippen LogP contribution is 2.40. The molecule has 8 aromatic carbocycles. The number of fused-ring (bicyclic) bond motifs is 9. The summed E-state index contributed by atoms with van der Waals surface area (Å²) in [5.41, 5.74) is 11.5. The van der Waals surface area contributed by atoms with Crippen LogP contribution in [0.5, 0.6) is 0 Å². The lowest BCUT2D eigenvalue weighted by Gasteiger charge is -2.09. The van der Waals surface area contributed by atoms with Crippen molar-refractivity contribution in [3.05, 3.63) is 182 Å². The fraction of sp³-hybridized carbons (Fsp3) is 0. The van der Waals surface area contributed by atoms with E-state index in [-0.39, 0.29) is 0 Å². The van der Waals surface area contributed by atoms with Crippen molar-refractivity contribution in [2.24, 2.45) is 0 Å². The molecule has 0 saturated heterocycles. The van der Waals surface area contributed by atoms with Crippen molar-refractivity contribution in [2.45, 2.75) is 0 Å². The highest BCUT2D eigenvalue weighted by Gasteiger charge is 2.18. The monoisotopic (exact) mass is 730 g/mol. The molecule has 12 aromatic rings. The summed E-state index contributed by atoms with van der Waals surface area (Å²) < 4.78 is 15.4. The Bertz CT molecular complexity index is 3460. The summed E-state index contributed by atoms with van der Waals surface area (Å²) in [4.78, 5) is 14.9. The van der Waals surface area contributed by atoms with Crippen LogP contribution in [-0.4, -0.2) is 19.5 Å². The number of benzene rings is 8. The van der Waals surface area contributed by atoms with Gasteiger partial charge in [0.2, 0.25) is 0 Å². The minimum Gasteiger partial charge on any atom is -0.456 e. The fourth-order valence-corrected chi connectivity index (χ4v) is 8.31. The van der Waals surface area contributed by atoms with Gasteiger partial charge in [0.1, 0.15) is 22.3 Å². The first-order valence-corrected chi connectivity index (χ1v) is 19.0. The van der Waals surface area contributed by atoms with Crippen LogP contribution < -0.4 is 0 Å². The molecule has 6 heteroatoms. The van der Waals surface area contributed by atoms with Crippen LogP contribution in [0, 0.1) is 0 Å². The Morgan fingerprint density at radius 2 is 0.737 bits per heavy atom. The van der Waals surface area contributed by atoms with Gasteiger partial charge >= 0.3 is 0 Å². The summed E-state index contributed by atoms with van der Waals surface area (Å²) in [5, 5.41) is 6.61. The molecule has 0 saturated carbocycles. The number of hydrogen-bond donors (Lipinski definition) is 0. The highest BCUT2D eigenvalue weighted by molar-refractivity contribution is 6.16. The number of furan rings is 2. The molecule has 4 heterocycles. The number of aromatic nitrogens is 4. The molecule has 12 rings (SSSR count). The van der Waals surface area contributed by atoms with E-state index in [2.05, 4.69) is 138 Å². The predicted octanol–water partition coefficient (Wildman–Crippen LogP) is 13.4. The summed E-state index contributed by atoms with van der Waals surface area (Å²) in [7, 11) is 0. The van der Waals surface area contributed by atoms with Crippen molar-refractivity contribution in [1.82, 2.24) is 19.5 Å². The van der Waals surface area contributed by atoms with Gasteiger partial charge in [-0.25, -0.2) is 15.0 Å². The van der Waals surface area contributed by atoms with Crippen LogP contribution in [0.25, 0.3) is 117 Å². The first kappa shape index (κ1) is 31.5. The molecule has 0 atom stereocenters. The van der Waals surface area contributed by atoms with E-state index in [0.29, 0.717) is 17.5 Å². The van der Waals surface area contributed by atoms with Gasteiger partial charge in [0.05, 0.1) is 11.0 Å². The van der Waals surface area contributed by atoms with Crippen LogP contribution in [0.4, 0.5) is 0 Å². The molecular formula is C51H30N4O2. The Hall–Kier alpha value is -7.83. The molecule has 0 fully saturated rings. The lowest BCUT2D eigenvalue weighted by molar-refractivity contribution is 0.656. The Morgan fingerprint density at radius 1 is 0.298 bits per heavy atom. The van der Waals surface area contributed by atoms with Crippen LogP contribution in [0.3, 0.4) is 0 Å². The maximum atomic E-state index is 6.56. The summed E-state index contributed by atoms with van der Waals surface area (Å²) in [6, 6.07) is 62.8. The van der Waals surface area contributed by atoms with E-state index >= 15 is 0 Å². The van der Waals surface area contributed by atoms with Crippen LogP contribution >= 0.6 is 0 Å². The van der Waals surface area contributed by atoms with E-state index in [1.54, 1.807) is 0 Å². The van der Waals surface area contributed by atoms with Gasteiger partial charge in [-0.2, -0.15) is 0 Å². The molecule has 0 aliphatic carbocycles. The standard InChI is InChI=1S/C51H30N4O2/c1-3-11-31(12-4-1)32-19-21-34(22-20-32)50-52-49(33-13-5-2-6-14-33)53-51(54-50)35-23-25-39-41-29-42-40-26-24-36(28-46(40)57-48(42)30-47(41)56-45(39)27-35)55-43-17-9-7-15-37(43)38-16-8-10-18-44(38)55/h1-30H. The molecule has 0 radical (unpaired) electrons. The Labute approximate surface area is 325 Å². The second-order valence-corrected chi connectivity index (χ2v) is 14.4. The van der Waals surface area contributed by atoms with E-state index in [1.165, 1.54) is 21.8 Å². The van der Waals surface area contributed by atoms with Crippen LogP contribution in [0.2, 0.25) is 0 Å². The molecule has 266 valence electrons. The summed E-state index contributed by atoms with van der Waals surface area (Å²) >= 11 is 0. The van der Waals surface area contributed by atoms with Gasteiger partial charge in [0.15, 0.2) is 17.5 Å². The molecule has 6 nitrogen and oxygen atoms in total. The maximum absolute atomic E-state index is 6.56. The number of nitrogens with zero attached hydrogens (tertiary/aromatic N) is 4. The first-order valence-electron chi connectivity index (χ1n) is 19.0. The van der Waals surface area contributed by atoms with E-state index in [4.69, 9.17) is 23.8 Å². The zero-order chi connectivity index (χ0) is 37.5. The average molecular weight is 731 g/mol. The quantitative estimate of drug-likeness (QED) is 0.176. The molecule has 0 spiro atoms. The third-order valence-electron chi connectivity index (χ3n) is 11.1. The van der Waals surface area contributed by atoms with E-state index in [0.717, 1.165) is 77.4 Å². The zero-order valence-electron chi connectivity index (χ0n) is 30.4. The number of rotatable bonds is 5. The normalized spacial score (nSPS) is 11.9. The minimum absolute atomic E-state index is 0.576. The van der Waals surface area contributed by atoms with Crippen molar-refractivity contribution < 1.29 is 8.83 Å². The van der Waals surface area contributed by atoms with Gasteiger partial charge in [0.25, 0.3) is 0 Å². The van der Waals surface area contributed by atoms with Crippen LogP contribution in [0.1, 0.15) is 0 Å². The molecule has 0 N–H and O–H groups in total. The van der Waals surface area contributed by atoms with Gasteiger partial charge < -0.3 is 13.4 Å². The molecule has 4 aromatic heterocycles. The lowest BCUT2D eigenvalue weighted by Crippen LogP contribution is -2.00. The number of hydrogen-bond acceptors (Lipinski definition) is 5. The van der Waals surface area contributed by atoms with E-state index in [9.17, 15) is 0 Å². The summed E-state index contributed by atoms with van der Waals surface area (Å²) in [6.07, 6.45) is 0. The second kappa shape index (κ2) is 12.3. The Morgan fingerprint density at radius 3 is 1.37 bits per heavy atom. The third-order valence-corrected chi connectivity index (χ3v) is 11.1. The van der Waals surface area contributed by atoms with Gasteiger partial charge in [0, 0.05) is 66.8 Å². The lowest BCUT2D eigenvalue weighted by atomic mass is 10.0. The predicted molar refractivity (Wildman–Crippen MR) is 230 cm³/mol. The summed E-state index contributed by atoms with van der Waals surface area (Å²) in [6.45, 7) is 0. The largest absolute Gasteiger partial charge is 0.456 e. The van der Waals surface area contributed by atoms with E-state index < -0.39 is 0 Å². The van der Waals surface area contributed by atoms with Crippen molar-refractivity contribution in [1.29, 1.82) is 0 Å². The van der Waals surface area contributed by atoms with Crippen LogP contribution in [0.15, 0.2) is 191 Å². The topological polar surface area (TPSA) is 69.9 Å². The van der Waals surface area contributed by atoms with Gasteiger partial charge in [-0.3, -0.25) is 0 Å². The molecule has 0 aliphatic heterocycles. The Balaban J connectivity index is 0.949. The minimum atomic E-state index is 0.576. The summed E-state index contributed by atoms with van der Waals surface area (Å²) in [5.74, 6) is 1.80. The molecule has 0 amide bonds. The molecule has 0 bridgehead atoms. The fourth-order valence-electron chi connectivity index (χ4n) is 8.31. The SMILES string of the molecule is c1ccc(-c2ccc(-c3nc(-c4ccccc4)nc(-c4ccc5c(c4)oc4cc6oc7cc(-n8c9ccccc9c9ccccc98)ccc7c6cc45)n3)cc2)cc1. The van der Waals surface area contributed by atoms with Crippen LogP contribution in [-0.2, 0) is 0 Å². The third kappa shape index (κ3) is 5.08.